The van der Waals surface area contributed by atoms with Crippen molar-refractivity contribution in [3.63, 3.8) is 0 Å². The van der Waals surface area contributed by atoms with Gasteiger partial charge in [0.25, 0.3) is 0 Å². The minimum Gasteiger partial charge on any atom is -0.497 e. The van der Waals surface area contributed by atoms with Gasteiger partial charge in [0.1, 0.15) is 5.75 Å². The molecule has 1 aromatic heterocycles. The van der Waals surface area contributed by atoms with Crippen LogP contribution in [0, 0.1) is 5.41 Å². The van der Waals surface area contributed by atoms with E-state index in [0.29, 0.717) is 18.9 Å². The summed E-state index contributed by atoms with van der Waals surface area (Å²) in [6, 6.07) is 13.1. The lowest BCUT2D eigenvalue weighted by molar-refractivity contribution is -0.158. The zero-order valence-electron chi connectivity index (χ0n) is 21.8. The summed E-state index contributed by atoms with van der Waals surface area (Å²) in [5.41, 5.74) is 6.60. The van der Waals surface area contributed by atoms with Gasteiger partial charge in [0.2, 0.25) is 0 Å². The molecule has 2 N–H and O–H groups in total. The Kier molecular flexibility index (Phi) is 6.36. The van der Waals surface area contributed by atoms with Crippen molar-refractivity contribution in [3.05, 3.63) is 64.6 Å². The molecule has 0 amide bonds. The van der Waals surface area contributed by atoms with Gasteiger partial charge in [-0.3, -0.25) is 9.52 Å². The van der Waals surface area contributed by atoms with Gasteiger partial charge in [-0.25, -0.2) is 0 Å². The van der Waals surface area contributed by atoms with Crippen LogP contribution in [0.4, 0.5) is 0 Å². The number of methoxy groups -OCH3 is 1. The van der Waals surface area contributed by atoms with Crippen molar-refractivity contribution in [1.29, 1.82) is 0 Å². The fourth-order valence-corrected chi connectivity index (χ4v) is 7.58. The van der Waals surface area contributed by atoms with Gasteiger partial charge in [0.15, 0.2) is 0 Å². The molecule has 194 valence electrons. The number of allylic oxidation sites excluding steroid dienone is 1. The van der Waals surface area contributed by atoms with E-state index in [-0.39, 0.29) is 5.92 Å². The highest BCUT2D eigenvalue weighted by Gasteiger charge is 2.56. The van der Waals surface area contributed by atoms with Gasteiger partial charge >= 0.3 is 5.97 Å². The second-order valence-corrected chi connectivity index (χ2v) is 12.4. The van der Waals surface area contributed by atoms with Crippen molar-refractivity contribution in [2.45, 2.75) is 76.8 Å². The van der Waals surface area contributed by atoms with Gasteiger partial charge in [-0.15, -0.1) is 0 Å². The normalized spacial score (nSPS) is 22.9. The Labute approximate surface area is 223 Å². The van der Waals surface area contributed by atoms with E-state index >= 15 is 0 Å². The van der Waals surface area contributed by atoms with Crippen LogP contribution in [-0.4, -0.2) is 22.8 Å². The molecular weight excluding hydrogens is 480 g/mol. The number of ether oxygens (including phenoxy) is 1. The molecule has 2 saturated carbocycles. The van der Waals surface area contributed by atoms with Crippen molar-refractivity contribution < 1.29 is 14.6 Å². The lowest BCUT2D eigenvalue weighted by Gasteiger charge is -2.46. The number of nitrogens with one attached hydrogen (secondary N) is 1. The first-order chi connectivity index (χ1) is 17.9. The molecule has 3 aromatic rings. The van der Waals surface area contributed by atoms with E-state index < -0.39 is 11.4 Å². The number of rotatable bonds is 7. The Bertz CT molecular complexity index is 1390. The highest BCUT2D eigenvalue weighted by molar-refractivity contribution is 8.01. The molecule has 37 heavy (non-hydrogen) atoms. The molecule has 6 rings (SSSR count). The number of hydrogen-bond donors (Lipinski definition) is 2. The first-order valence-corrected chi connectivity index (χ1v) is 14.4. The number of carboxylic acids is 1. The minimum atomic E-state index is -0.786. The zero-order chi connectivity index (χ0) is 25.7. The SMILES string of the molecule is C=C(C)SNCc1ccc2c(C3CCCCC3)c3n(c2c1)CC1(C(=O)O)CCC1c1cc(OC)ccc1-3. The first kappa shape index (κ1) is 24.6. The summed E-state index contributed by atoms with van der Waals surface area (Å²) in [5.74, 6) is 0.627. The van der Waals surface area contributed by atoms with Gasteiger partial charge in [-0.2, -0.15) is 0 Å². The largest absolute Gasteiger partial charge is 0.497 e. The van der Waals surface area contributed by atoms with E-state index in [0.717, 1.165) is 29.2 Å². The number of benzene rings is 2. The van der Waals surface area contributed by atoms with Crippen LogP contribution in [0.25, 0.3) is 22.2 Å². The van der Waals surface area contributed by atoms with Crippen LogP contribution in [0.2, 0.25) is 0 Å². The van der Waals surface area contributed by atoms with E-state index in [1.807, 2.05) is 13.0 Å². The number of nitrogens with zero attached hydrogens (tertiary/aromatic N) is 1. The molecule has 2 atom stereocenters. The third-order valence-corrected chi connectivity index (χ3v) is 9.64. The maximum Gasteiger partial charge on any atom is 0.312 e. The van der Waals surface area contributed by atoms with Crippen LogP contribution >= 0.6 is 11.9 Å². The summed E-state index contributed by atoms with van der Waals surface area (Å²) in [7, 11) is 1.69. The van der Waals surface area contributed by atoms with Crippen LogP contribution in [0.5, 0.6) is 5.75 Å². The fraction of sp³-hybridized carbons (Fsp3) is 0.452. The molecule has 0 bridgehead atoms. The average molecular weight is 517 g/mol. The third-order valence-electron chi connectivity index (χ3n) is 9.01. The van der Waals surface area contributed by atoms with Crippen molar-refractivity contribution in [1.82, 2.24) is 9.29 Å². The molecular formula is C31H36N2O3S. The van der Waals surface area contributed by atoms with Gasteiger partial charge in [-0.1, -0.05) is 49.9 Å². The summed E-state index contributed by atoms with van der Waals surface area (Å²) in [5, 5.41) is 11.9. The Morgan fingerprint density at radius 2 is 2.00 bits per heavy atom. The predicted octanol–water partition coefficient (Wildman–Crippen LogP) is 7.60. The van der Waals surface area contributed by atoms with E-state index in [2.05, 4.69) is 46.2 Å². The maximum atomic E-state index is 12.9. The van der Waals surface area contributed by atoms with Crippen LogP contribution < -0.4 is 9.46 Å². The number of fused-ring (bicyclic) bond motifs is 7. The molecule has 5 nitrogen and oxygen atoms in total. The standard InChI is InChI=1S/C31H36N2O3S/c1-19(2)37-32-17-20-9-11-24-27(15-20)33-18-31(30(34)35)14-13-26(31)25-16-22(36-3)10-12-23(25)29(33)28(24)21-7-5-4-6-8-21/h9-12,15-16,21,26,32H,1,4-8,13-14,17-18H2,2-3H3,(H,34,35). The fourth-order valence-electron chi connectivity index (χ4n) is 7.09. The van der Waals surface area contributed by atoms with Crippen molar-refractivity contribution >= 4 is 28.8 Å². The van der Waals surface area contributed by atoms with E-state index in [9.17, 15) is 9.90 Å². The summed E-state index contributed by atoms with van der Waals surface area (Å²) in [6.45, 7) is 7.21. The Hall–Kier alpha value is -2.70. The number of hydrogen-bond acceptors (Lipinski definition) is 4. The summed E-state index contributed by atoms with van der Waals surface area (Å²) in [6.07, 6.45) is 7.83. The van der Waals surface area contributed by atoms with Crippen LogP contribution in [0.3, 0.4) is 0 Å². The monoisotopic (exact) mass is 516 g/mol. The number of carbonyl (C=O) groups is 1. The van der Waals surface area contributed by atoms with Gasteiger partial charge < -0.3 is 14.4 Å². The van der Waals surface area contributed by atoms with Crippen LogP contribution in [0.15, 0.2) is 47.9 Å². The van der Waals surface area contributed by atoms with Gasteiger partial charge in [-0.05, 0) is 84.4 Å². The molecule has 2 unspecified atom stereocenters. The highest BCUT2D eigenvalue weighted by atomic mass is 32.2. The smallest absolute Gasteiger partial charge is 0.312 e. The summed E-state index contributed by atoms with van der Waals surface area (Å²) in [4.78, 5) is 13.9. The lowest BCUT2D eigenvalue weighted by atomic mass is 9.57. The quantitative estimate of drug-likeness (QED) is 0.317. The Balaban J connectivity index is 1.60. The molecule has 1 aliphatic heterocycles. The molecule has 2 fully saturated rings. The molecule has 0 saturated heterocycles. The second kappa shape index (κ2) is 9.55. The highest BCUT2D eigenvalue weighted by Crippen LogP contribution is 2.60. The number of carboxylic acid groups (broad SMARTS) is 1. The zero-order valence-corrected chi connectivity index (χ0v) is 22.6. The molecule has 0 spiro atoms. The number of aliphatic carboxylic acids is 1. The maximum absolute atomic E-state index is 12.9. The van der Waals surface area contributed by atoms with Gasteiger partial charge in [0, 0.05) is 35.5 Å². The molecule has 3 aliphatic rings. The average Bonchev–Trinajstić information content (AvgIpc) is 3.15. The molecule has 6 heteroatoms. The predicted molar refractivity (Wildman–Crippen MR) is 151 cm³/mol. The van der Waals surface area contributed by atoms with E-state index in [1.165, 1.54) is 65.4 Å². The van der Waals surface area contributed by atoms with Crippen molar-refractivity contribution in [3.8, 4) is 17.0 Å². The van der Waals surface area contributed by atoms with Crippen LogP contribution in [-0.2, 0) is 17.9 Å². The second-order valence-electron chi connectivity index (χ2n) is 11.2. The summed E-state index contributed by atoms with van der Waals surface area (Å²) >= 11 is 1.56. The van der Waals surface area contributed by atoms with E-state index in [4.69, 9.17) is 4.74 Å². The van der Waals surface area contributed by atoms with E-state index in [1.54, 1.807) is 19.1 Å². The van der Waals surface area contributed by atoms with Crippen molar-refractivity contribution in [2.24, 2.45) is 5.41 Å². The summed E-state index contributed by atoms with van der Waals surface area (Å²) < 4.78 is 11.4. The van der Waals surface area contributed by atoms with Crippen LogP contribution in [0.1, 0.15) is 80.4 Å². The minimum absolute atomic E-state index is 0.000992. The Morgan fingerprint density at radius 1 is 1.19 bits per heavy atom. The molecule has 2 heterocycles. The Morgan fingerprint density at radius 3 is 2.68 bits per heavy atom. The van der Waals surface area contributed by atoms with Crippen molar-refractivity contribution in [2.75, 3.05) is 7.11 Å². The topological polar surface area (TPSA) is 63.5 Å². The third kappa shape index (κ3) is 4.00. The molecule has 2 aromatic carbocycles. The van der Waals surface area contributed by atoms with Gasteiger partial charge in [0.05, 0.1) is 18.2 Å². The lowest BCUT2D eigenvalue weighted by Crippen LogP contribution is -2.47. The number of aromatic nitrogens is 1. The molecule has 2 aliphatic carbocycles. The first-order valence-electron chi connectivity index (χ1n) is 13.5. The molecule has 0 radical (unpaired) electrons.